The molecule has 1 amide bonds. The molecule has 0 atom stereocenters. The van der Waals surface area contributed by atoms with E-state index in [1.54, 1.807) is 19.1 Å². The summed E-state index contributed by atoms with van der Waals surface area (Å²) in [5.41, 5.74) is 2.58. The number of nitrogens with one attached hydrogen (secondary N) is 1. The molecule has 3 rings (SSSR count). The Morgan fingerprint density at radius 2 is 2.03 bits per heavy atom. The highest BCUT2D eigenvalue weighted by molar-refractivity contribution is 7.99. The number of hydrogen-bond acceptors (Lipinski definition) is 8. The number of aromatic nitrogens is 3. The average molecular weight is 501 g/mol. The summed E-state index contributed by atoms with van der Waals surface area (Å²) in [6.07, 6.45) is 1.74. The van der Waals surface area contributed by atoms with Crippen LogP contribution in [0.5, 0.6) is 5.75 Å². The molecule has 2 heterocycles. The number of thioether (sulfide) groups is 1. The lowest BCUT2D eigenvalue weighted by Gasteiger charge is -2.11. The number of nitrogens with zero attached hydrogens (tertiary/aromatic N) is 3. The SMILES string of the molecule is C=CCn1c(COc2ccc(C)cc2C)nnc1SCC(=O)Nc1sc(C)cc1C(=O)OCC. The third-order valence-corrected chi connectivity index (χ3v) is 6.66. The standard InChI is InChI=1S/C24H28N4O4S2/c1-6-10-28-20(13-32-19-9-8-15(3)11-16(19)4)26-27-24(28)33-14-21(29)25-22-18(12-17(5)34-22)23(30)31-7-2/h6,8-9,11-12H,1,7,10,13-14H2,2-5H3,(H,25,29). The first-order chi connectivity index (χ1) is 16.3. The predicted molar refractivity (Wildman–Crippen MR) is 135 cm³/mol. The van der Waals surface area contributed by atoms with Crippen molar-refractivity contribution in [2.24, 2.45) is 0 Å². The van der Waals surface area contributed by atoms with E-state index in [4.69, 9.17) is 9.47 Å². The quantitative estimate of drug-likeness (QED) is 0.226. The van der Waals surface area contributed by atoms with E-state index in [1.807, 2.05) is 37.5 Å². The number of rotatable bonds is 11. The zero-order valence-corrected chi connectivity index (χ0v) is 21.3. The number of benzene rings is 1. The first kappa shape index (κ1) is 25.5. The Bertz CT molecular complexity index is 1190. The highest BCUT2D eigenvalue weighted by atomic mass is 32.2. The van der Waals surface area contributed by atoms with Crippen LogP contribution in [-0.2, 0) is 22.7 Å². The Balaban J connectivity index is 1.64. The molecule has 8 nitrogen and oxygen atoms in total. The van der Waals surface area contributed by atoms with Crippen LogP contribution in [0.1, 0.15) is 39.1 Å². The second-order valence-corrected chi connectivity index (χ2v) is 9.71. The van der Waals surface area contributed by atoms with E-state index in [0.29, 0.717) is 28.1 Å². The Morgan fingerprint density at radius 1 is 1.24 bits per heavy atom. The Morgan fingerprint density at radius 3 is 2.74 bits per heavy atom. The van der Waals surface area contributed by atoms with Gasteiger partial charge in [-0.25, -0.2) is 4.79 Å². The fraction of sp³-hybridized carbons (Fsp3) is 0.333. The minimum atomic E-state index is -0.450. The van der Waals surface area contributed by atoms with E-state index in [0.717, 1.165) is 16.2 Å². The highest BCUT2D eigenvalue weighted by Gasteiger charge is 2.19. The van der Waals surface area contributed by atoms with Crippen LogP contribution >= 0.6 is 23.1 Å². The lowest BCUT2D eigenvalue weighted by atomic mass is 10.1. The summed E-state index contributed by atoms with van der Waals surface area (Å²) in [6, 6.07) is 7.72. The largest absolute Gasteiger partial charge is 0.485 e. The lowest BCUT2D eigenvalue weighted by molar-refractivity contribution is -0.113. The molecule has 0 aliphatic carbocycles. The van der Waals surface area contributed by atoms with Crippen LogP contribution in [0, 0.1) is 20.8 Å². The molecule has 10 heteroatoms. The summed E-state index contributed by atoms with van der Waals surface area (Å²) < 4.78 is 12.9. The van der Waals surface area contributed by atoms with Gasteiger partial charge in [0.2, 0.25) is 5.91 Å². The molecular weight excluding hydrogens is 472 g/mol. The third-order valence-electron chi connectivity index (χ3n) is 4.73. The van der Waals surface area contributed by atoms with Crippen LogP contribution in [0.15, 0.2) is 42.1 Å². The second kappa shape index (κ2) is 11.8. The maximum Gasteiger partial charge on any atom is 0.341 e. The Kier molecular flexibility index (Phi) is 8.89. The van der Waals surface area contributed by atoms with Crippen LogP contribution in [0.25, 0.3) is 0 Å². The predicted octanol–water partition coefficient (Wildman–Crippen LogP) is 4.94. The first-order valence-corrected chi connectivity index (χ1v) is 12.6. The van der Waals surface area contributed by atoms with E-state index in [9.17, 15) is 9.59 Å². The van der Waals surface area contributed by atoms with Gasteiger partial charge in [-0.3, -0.25) is 9.36 Å². The van der Waals surface area contributed by atoms with Gasteiger partial charge in [0, 0.05) is 11.4 Å². The van der Waals surface area contributed by atoms with Crippen molar-refractivity contribution in [3.63, 3.8) is 0 Å². The number of carbonyl (C=O) groups is 2. The molecule has 3 aromatic rings. The normalized spacial score (nSPS) is 10.7. The van der Waals surface area contributed by atoms with Crippen molar-refractivity contribution in [2.45, 2.75) is 46.0 Å². The van der Waals surface area contributed by atoms with Crippen molar-refractivity contribution >= 4 is 40.0 Å². The van der Waals surface area contributed by atoms with Crippen molar-refractivity contribution in [2.75, 3.05) is 17.7 Å². The molecule has 34 heavy (non-hydrogen) atoms. The van der Waals surface area contributed by atoms with Crippen LogP contribution in [0.4, 0.5) is 5.00 Å². The lowest BCUT2D eigenvalue weighted by Crippen LogP contribution is -2.16. The smallest absolute Gasteiger partial charge is 0.341 e. The molecule has 0 aliphatic rings. The molecular formula is C24H28N4O4S2. The van der Waals surface area contributed by atoms with E-state index < -0.39 is 5.97 Å². The van der Waals surface area contributed by atoms with Gasteiger partial charge < -0.3 is 14.8 Å². The van der Waals surface area contributed by atoms with E-state index in [-0.39, 0.29) is 24.9 Å². The van der Waals surface area contributed by atoms with Gasteiger partial charge in [0.25, 0.3) is 0 Å². The molecule has 0 unspecified atom stereocenters. The molecule has 2 aromatic heterocycles. The van der Waals surface area contributed by atoms with Crippen molar-refractivity contribution in [1.82, 2.24) is 14.8 Å². The molecule has 0 saturated carbocycles. The number of aryl methyl sites for hydroxylation is 3. The molecule has 0 saturated heterocycles. The summed E-state index contributed by atoms with van der Waals surface area (Å²) in [5, 5.41) is 12.4. The van der Waals surface area contributed by atoms with Crippen LogP contribution in [-0.4, -0.2) is 39.0 Å². The minimum Gasteiger partial charge on any atom is -0.485 e. The molecule has 0 fully saturated rings. The number of ether oxygens (including phenoxy) is 2. The fourth-order valence-corrected chi connectivity index (χ4v) is 4.89. The van der Waals surface area contributed by atoms with Gasteiger partial charge in [0.05, 0.1) is 17.9 Å². The summed E-state index contributed by atoms with van der Waals surface area (Å²) in [5.74, 6) is 0.830. The van der Waals surface area contributed by atoms with Crippen LogP contribution in [0.2, 0.25) is 0 Å². The Labute approximate surface area is 207 Å². The molecule has 180 valence electrons. The maximum absolute atomic E-state index is 12.6. The number of hydrogen-bond donors (Lipinski definition) is 1. The van der Waals surface area contributed by atoms with Gasteiger partial charge in [-0.2, -0.15) is 0 Å². The number of thiophene rings is 1. The van der Waals surface area contributed by atoms with Gasteiger partial charge in [0.15, 0.2) is 11.0 Å². The van der Waals surface area contributed by atoms with E-state index in [1.165, 1.54) is 28.7 Å². The van der Waals surface area contributed by atoms with Gasteiger partial charge in [-0.15, -0.1) is 28.1 Å². The monoisotopic (exact) mass is 500 g/mol. The summed E-state index contributed by atoms with van der Waals surface area (Å²) in [7, 11) is 0. The highest BCUT2D eigenvalue weighted by Crippen LogP contribution is 2.29. The Hall–Kier alpha value is -3.11. The minimum absolute atomic E-state index is 0.104. The summed E-state index contributed by atoms with van der Waals surface area (Å²) in [4.78, 5) is 25.7. The summed E-state index contributed by atoms with van der Waals surface area (Å²) in [6.45, 7) is 12.5. The van der Waals surface area contributed by atoms with Gasteiger partial charge in [0.1, 0.15) is 17.4 Å². The van der Waals surface area contributed by atoms with Crippen molar-refractivity contribution < 1.29 is 19.1 Å². The number of carbonyl (C=O) groups excluding carboxylic acids is 2. The van der Waals surface area contributed by atoms with Crippen LogP contribution in [0.3, 0.4) is 0 Å². The fourth-order valence-electron chi connectivity index (χ4n) is 3.21. The third kappa shape index (κ3) is 6.48. The van der Waals surface area contributed by atoms with Crippen molar-refractivity contribution in [3.8, 4) is 5.75 Å². The first-order valence-electron chi connectivity index (χ1n) is 10.8. The van der Waals surface area contributed by atoms with E-state index >= 15 is 0 Å². The molecule has 1 N–H and O–H groups in total. The zero-order valence-electron chi connectivity index (χ0n) is 19.7. The van der Waals surface area contributed by atoms with Gasteiger partial charge in [-0.05, 0) is 45.4 Å². The number of anilines is 1. The van der Waals surface area contributed by atoms with Gasteiger partial charge in [-0.1, -0.05) is 35.5 Å². The molecule has 0 aliphatic heterocycles. The average Bonchev–Trinajstić information content (AvgIpc) is 3.35. The zero-order chi connectivity index (χ0) is 24.7. The number of esters is 1. The summed E-state index contributed by atoms with van der Waals surface area (Å²) >= 11 is 2.59. The van der Waals surface area contributed by atoms with E-state index in [2.05, 4.69) is 28.2 Å². The van der Waals surface area contributed by atoms with Crippen LogP contribution < -0.4 is 10.1 Å². The topological polar surface area (TPSA) is 95.3 Å². The molecule has 0 spiro atoms. The number of amides is 1. The van der Waals surface area contributed by atoms with Crippen molar-refractivity contribution in [1.29, 1.82) is 0 Å². The van der Waals surface area contributed by atoms with Gasteiger partial charge >= 0.3 is 5.97 Å². The van der Waals surface area contributed by atoms with Crippen molar-refractivity contribution in [3.05, 3.63) is 64.3 Å². The molecule has 1 aromatic carbocycles. The molecule has 0 radical (unpaired) electrons. The second-order valence-electron chi connectivity index (χ2n) is 7.51. The maximum atomic E-state index is 12.6. The number of allylic oxidation sites excluding steroid dienone is 1. The molecule has 0 bridgehead atoms.